The number of carbonyl (C=O) groups is 1. The van der Waals surface area contributed by atoms with Crippen molar-refractivity contribution in [2.24, 2.45) is 5.92 Å². The van der Waals surface area contributed by atoms with Gasteiger partial charge in [0.05, 0.1) is 19.8 Å². The molecule has 2 heterocycles. The topological polar surface area (TPSA) is 219 Å². The van der Waals surface area contributed by atoms with Gasteiger partial charge in [0, 0.05) is 0 Å². The van der Waals surface area contributed by atoms with E-state index in [0.29, 0.717) is 6.42 Å². The standard InChI is InChI=1S/C18H31NO12/c20-4-10-11(22)12(23)13(24)17(30-10)31-14-9(21)5-29-18(28,15(14)25)6-19-8(16(26)27)3-7-1-2-7/h7-15,17,19-25,28H,1-6H2,(H,26,27)/t8-,9-,10-,11+,12+,13-,14-,15+,17+,18+/m1/s1. The van der Waals surface area contributed by atoms with Crippen molar-refractivity contribution in [3.8, 4) is 0 Å². The van der Waals surface area contributed by atoms with E-state index in [-0.39, 0.29) is 5.92 Å². The van der Waals surface area contributed by atoms with Crippen molar-refractivity contribution in [3.05, 3.63) is 0 Å². The van der Waals surface area contributed by atoms with E-state index in [1.165, 1.54) is 0 Å². The molecule has 3 rings (SSSR count). The van der Waals surface area contributed by atoms with Crippen LogP contribution in [0.5, 0.6) is 0 Å². The average molecular weight is 453 g/mol. The first-order valence-electron chi connectivity index (χ1n) is 10.2. The van der Waals surface area contributed by atoms with Gasteiger partial charge in [-0.2, -0.15) is 0 Å². The number of aliphatic hydroxyl groups is 7. The highest BCUT2D eigenvalue weighted by Crippen LogP contribution is 2.34. The molecule has 0 aromatic carbocycles. The summed E-state index contributed by atoms with van der Waals surface area (Å²) in [5.74, 6) is -3.16. The SMILES string of the molecule is O=C(O)[C@@H](CC1CC1)NC[C@]1(O)OC[C@@H](O)[C@@H](O[C@@H]2O[C@H](CO)[C@H](O)[C@H](O)[C@H]2O)[C@@H]1O. The van der Waals surface area contributed by atoms with E-state index in [1.54, 1.807) is 0 Å². The van der Waals surface area contributed by atoms with E-state index in [1.807, 2.05) is 0 Å². The van der Waals surface area contributed by atoms with E-state index in [0.717, 1.165) is 12.8 Å². The fraction of sp³-hybridized carbons (Fsp3) is 0.944. The zero-order valence-electron chi connectivity index (χ0n) is 16.7. The van der Waals surface area contributed by atoms with Gasteiger partial charge in [0.15, 0.2) is 6.29 Å². The number of nitrogens with one attached hydrogen (secondary N) is 1. The average Bonchev–Trinajstić information content (AvgIpc) is 3.55. The van der Waals surface area contributed by atoms with E-state index in [4.69, 9.17) is 14.2 Å². The minimum atomic E-state index is -2.32. The lowest BCUT2D eigenvalue weighted by atomic mass is 9.95. The van der Waals surface area contributed by atoms with Gasteiger partial charge >= 0.3 is 5.97 Å². The van der Waals surface area contributed by atoms with Gasteiger partial charge in [0.2, 0.25) is 5.79 Å². The number of aliphatic hydroxyl groups excluding tert-OH is 6. The Bertz CT molecular complexity index is 618. The summed E-state index contributed by atoms with van der Waals surface area (Å²) in [6.45, 7) is -1.67. The Hall–Kier alpha value is -0.970. The summed E-state index contributed by atoms with van der Waals surface area (Å²) in [5, 5.41) is 82.6. The molecule has 3 aliphatic rings. The highest BCUT2D eigenvalue weighted by Gasteiger charge is 2.53. The molecule has 0 radical (unpaired) electrons. The highest BCUT2D eigenvalue weighted by molar-refractivity contribution is 5.73. The fourth-order valence-electron chi connectivity index (χ4n) is 3.76. The lowest BCUT2D eigenvalue weighted by Crippen LogP contribution is -2.68. The van der Waals surface area contributed by atoms with E-state index >= 15 is 0 Å². The first kappa shape index (κ1) is 24.7. The molecule has 9 N–H and O–H groups in total. The van der Waals surface area contributed by atoms with Gasteiger partial charge in [0.1, 0.15) is 48.8 Å². The summed E-state index contributed by atoms with van der Waals surface area (Å²) < 4.78 is 15.8. The molecule has 1 saturated carbocycles. The fourth-order valence-corrected chi connectivity index (χ4v) is 3.76. The minimum Gasteiger partial charge on any atom is -0.480 e. The van der Waals surface area contributed by atoms with Crippen LogP contribution in [0.4, 0.5) is 0 Å². The van der Waals surface area contributed by atoms with Crippen LogP contribution in [-0.2, 0) is 19.0 Å². The second kappa shape index (κ2) is 9.89. The van der Waals surface area contributed by atoms with E-state index in [9.17, 15) is 45.6 Å². The van der Waals surface area contributed by atoms with Crippen LogP contribution in [-0.4, -0.2) is 127 Å². The summed E-state index contributed by atoms with van der Waals surface area (Å²) >= 11 is 0. The lowest BCUT2D eigenvalue weighted by molar-refractivity contribution is -0.367. The third-order valence-corrected chi connectivity index (χ3v) is 5.96. The Kier molecular flexibility index (Phi) is 7.87. The van der Waals surface area contributed by atoms with Crippen molar-refractivity contribution in [1.82, 2.24) is 5.32 Å². The quantitative estimate of drug-likeness (QED) is 0.161. The summed E-state index contributed by atoms with van der Waals surface area (Å²) in [7, 11) is 0. The molecule has 0 amide bonds. The highest BCUT2D eigenvalue weighted by atomic mass is 16.7. The number of hydrogen-bond acceptors (Lipinski definition) is 12. The summed E-state index contributed by atoms with van der Waals surface area (Å²) in [6.07, 6.45) is -10.8. The number of carboxylic acids is 1. The monoisotopic (exact) mass is 453 g/mol. The maximum atomic E-state index is 11.4. The number of aliphatic carboxylic acids is 1. The number of rotatable bonds is 9. The van der Waals surface area contributed by atoms with Gasteiger partial charge in [0.25, 0.3) is 0 Å². The predicted octanol–water partition coefficient (Wildman–Crippen LogP) is -4.54. The van der Waals surface area contributed by atoms with Crippen molar-refractivity contribution in [1.29, 1.82) is 0 Å². The zero-order chi connectivity index (χ0) is 22.9. The van der Waals surface area contributed by atoms with Gasteiger partial charge in [-0.05, 0) is 12.3 Å². The zero-order valence-corrected chi connectivity index (χ0v) is 16.7. The number of hydrogen-bond donors (Lipinski definition) is 9. The van der Waals surface area contributed by atoms with Gasteiger partial charge in [-0.3, -0.25) is 10.1 Å². The first-order chi connectivity index (χ1) is 14.6. The van der Waals surface area contributed by atoms with Crippen LogP contribution in [0, 0.1) is 5.92 Å². The maximum Gasteiger partial charge on any atom is 0.320 e. The van der Waals surface area contributed by atoms with Crippen molar-refractivity contribution < 1.29 is 59.9 Å². The molecule has 0 spiro atoms. The van der Waals surface area contributed by atoms with Crippen molar-refractivity contribution in [2.75, 3.05) is 19.8 Å². The Balaban J connectivity index is 1.65. The summed E-state index contributed by atoms with van der Waals surface area (Å²) in [6, 6.07) is -0.969. The Morgan fingerprint density at radius 1 is 1.13 bits per heavy atom. The second-order valence-corrected chi connectivity index (χ2v) is 8.42. The van der Waals surface area contributed by atoms with Crippen LogP contribution in [0.1, 0.15) is 19.3 Å². The van der Waals surface area contributed by atoms with Crippen molar-refractivity contribution in [3.63, 3.8) is 0 Å². The molecule has 0 aromatic rings. The molecule has 10 atom stereocenters. The van der Waals surface area contributed by atoms with Crippen LogP contribution in [0.15, 0.2) is 0 Å². The van der Waals surface area contributed by atoms with Gasteiger partial charge in [-0.25, -0.2) is 0 Å². The first-order valence-corrected chi connectivity index (χ1v) is 10.2. The van der Waals surface area contributed by atoms with Crippen molar-refractivity contribution >= 4 is 5.97 Å². The van der Waals surface area contributed by atoms with Crippen LogP contribution in [0.3, 0.4) is 0 Å². The van der Waals surface area contributed by atoms with Crippen LogP contribution in [0.2, 0.25) is 0 Å². The van der Waals surface area contributed by atoms with E-state index in [2.05, 4.69) is 5.32 Å². The molecule has 0 unspecified atom stereocenters. The lowest BCUT2D eigenvalue weighted by Gasteiger charge is -2.47. The van der Waals surface area contributed by atoms with Crippen molar-refractivity contribution in [2.45, 2.75) is 80.1 Å². The molecule has 31 heavy (non-hydrogen) atoms. The minimum absolute atomic E-state index is 0.282. The molecule has 0 bridgehead atoms. The van der Waals surface area contributed by atoms with Gasteiger partial charge < -0.3 is 55.1 Å². The van der Waals surface area contributed by atoms with Crippen LogP contribution >= 0.6 is 0 Å². The Labute approximate surface area is 177 Å². The maximum absolute atomic E-state index is 11.4. The summed E-state index contributed by atoms with van der Waals surface area (Å²) in [4.78, 5) is 11.4. The largest absolute Gasteiger partial charge is 0.480 e. The molecule has 2 aliphatic heterocycles. The molecular formula is C18H31NO12. The summed E-state index contributed by atoms with van der Waals surface area (Å²) in [5.41, 5.74) is 0. The smallest absolute Gasteiger partial charge is 0.320 e. The molecule has 0 aromatic heterocycles. The third-order valence-electron chi connectivity index (χ3n) is 5.96. The number of ether oxygens (including phenoxy) is 3. The normalized spacial score (nSPS) is 44.7. The number of carboxylic acid groups (broad SMARTS) is 1. The Morgan fingerprint density at radius 3 is 2.39 bits per heavy atom. The molecule has 13 heteroatoms. The van der Waals surface area contributed by atoms with E-state index < -0.39 is 86.6 Å². The molecule has 180 valence electrons. The van der Waals surface area contributed by atoms with Gasteiger partial charge in [-0.1, -0.05) is 12.8 Å². The second-order valence-electron chi connectivity index (χ2n) is 8.42. The molecule has 13 nitrogen and oxygen atoms in total. The van der Waals surface area contributed by atoms with Crippen LogP contribution in [0.25, 0.3) is 0 Å². The molecular weight excluding hydrogens is 422 g/mol. The predicted molar refractivity (Wildman–Crippen MR) is 98.3 cm³/mol. The molecule has 1 aliphatic carbocycles. The Morgan fingerprint density at radius 2 is 1.81 bits per heavy atom. The van der Waals surface area contributed by atoms with Gasteiger partial charge in [-0.15, -0.1) is 0 Å². The third kappa shape index (κ3) is 5.51. The molecule has 2 saturated heterocycles. The molecule has 3 fully saturated rings. The van der Waals surface area contributed by atoms with Crippen LogP contribution < -0.4 is 5.32 Å².